The van der Waals surface area contributed by atoms with Crippen LogP contribution in [0, 0.1) is 0 Å². The van der Waals surface area contributed by atoms with Crippen LogP contribution in [0.1, 0.15) is 0 Å². The highest BCUT2D eigenvalue weighted by molar-refractivity contribution is 7.26. The molecule has 0 amide bonds. The first-order valence-electron chi connectivity index (χ1n) is 33.9. The van der Waals surface area contributed by atoms with Crippen molar-refractivity contribution in [3.05, 3.63) is 376 Å². The Bertz CT molecular complexity index is 6360. The first kappa shape index (κ1) is 57.6. The number of benzene rings is 17. The number of nitrogens with zero attached hydrogens (tertiary/aromatic N) is 4. The predicted molar refractivity (Wildman–Crippen MR) is 425 cm³/mol. The van der Waals surface area contributed by atoms with Crippen molar-refractivity contribution in [2.24, 2.45) is 0 Å². The third-order valence-corrected chi connectivity index (χ3v) is 21.1. The maximum absolute atomic E-state index is 2.43. The van der Waals surface area contributed by atoms with Crippen LogP contribution in [0.25, 0.3) is 141 Å². The highest BCUT2D eigenvalue weighted by Gasteiger charge is 2.22. The smallest absolute Gasteiger partial charge is 0.0555 e. The molecule has 0 saturated heterocycles. The van der Waals surface area contributed by atoms with Crippen molar-refractivity contribution in [3.63, 3.8) is 0 Å². The van der Waals surface area contributed by atoms with Gasteiger partial charge in [0.15, 0.2) is 0 Å². The summed E-state index contributed by atoms with van der Waals surface area (Å²) in [5.74, 6) is 0. The largest absolute Gasteiger partial charge is 0.311 e. The van der Waals surface area contributed by atoms with E-state index >= 15 is 0 Å². The van der Waals surface area contributed by atoms with Crippen LogP contribution in [0.3, 0.4) is 0 Å². The molecular formula is C94H62N4S. The molecule has 0 aliphatic carbocycles. The number of rotatable bonds is 10. The lowest BCUT2D eigenvalue weighted by Gasteiger charge is -2.26. The summed E-state index contributed by atoms with van der Waals surface area (Å²) >= 11 is 1.90. The molecule has 5 heteroatoms. The minimum Gasteiger partial charge on any atom is -0.311 e. The maximum atomic E-state index is 2.43. The van der Waals surface area contributed by atoms with Gasteiger partial charge < -0.3 is 18.9 Å². The molecule has 20 rings (SSSR count). The van der Waals surface area contributed by atoms with Gasteiger partial charge in [-0.1, -0.05) is 237 Å². The van der Waals surface area contributed by atoms with Crippen molar-refractivity contribution in [2.45, 2.75) is 0 Å². The number of fused-ring (bicyclic) bond motifs is 16. The number of hydrogen-bond acceptors (Lipinski definition) is 3. The molecule has 0 N–H and O–H groups in total. The van der Waals surface area contributed by atoms with Crippen LogP contribution in [-0.2, 0) is 0 Å². The van der Waals surface area contributed by atoms with E-state index in [1.165, 1.54) is 129 Å². The van der Waals surface area contributed by atoms with Gasteiger partial charge in [0, 0.05) is 87.2 Å². The van der Waals surface area contributed by atoms with Crippen molar-refractivity contribution < 1.29 is 0 Å². The van der Waals surface area contributed by atoms with E-state index < -0.39 is 0 Å². The molecule has 4 nitrogen and oxygen atoms in total. The van der Waals surface area contributed by atoms with Crippen LogP contribution >= 0.6 is 11.3 Å². The van der Waals surface area contributed by atoms with E-state index in [-0.39, 0.29) is 0 Å². The van der Waals surface area contributed by atoms with Crippen molar-refractivity contribution in [1.29, 1.82) is 0 Å². The SMILES string of the molecule is c1ccc(N(c2ccc(-c3ccc4ccccc4c3)cc2)c2ccc(-n3c4ccc5ccccc5c4c4c5ccccc5ccc43)cc2)cc1.c1ccc(N(c2ccc(-c3ccc4ccccc4c3)cc2)c2ccc(-n3c4ccccc4c4c5sc6ccccc6c5ccc43)cc2)cc1. The fraction of sp³-hybridized carbons (Fsp3) is 0. The highest BCUT2D eigenvalue weighted by atomic mass is 32.1. The van der Waals surface area contributed by atoms with Crippen molar-refractivity contribution in [1.82, 2.24) is 9.13 Å². The molecule has 0 saturated carbocycles. The minimum absolute atomic E-state index is 1.11. The van der Waals surface area contributed by atoms with Gasteiger partial charge in [0.2, 0.25) is 0 Å². The van der Waals surface area contributed by atoms with Crippen LogP contribution < -0.4 is 9.80 Å². The first-order valence-corrected chi connectivity index (χ1v) is 34.7. The molecular weight excluding hydrogens is 1220 g/mol. The second-order valence-electron chi connectivity index (χ2n) is 25.6. The van der Waals surface area contributed by atoms with E-state index in [9.17, 15) is 0 Å². The molecule has 0 unspecified atom stereocenters. The van der Waals surface area contributed by atoms with Gasteiger partial charge in [-0.3, -0.25) is 0 Å². The lowest BCUT2D eigenvalue weighted by Crippen LogP contribution is -2.10. The Morgan fingerprint density at radius 2 is 0.545 bits per heavy atom. The summed E-state index contributed by atoms with van der Waals surface area (Å²) in [5, 5.41) is 18.0. The van der Waals surface area contributed by atoms with Crippen LogP contribution in [0.5, 0.6) is 0 Å². The number of aromatic nitrogens is 2. The summed E-state index contributed by atoms with van der Waals surface area (Å²) < 4.78 is 7.53. The van der Waals surface area contributed by atoms with Gasteiger partial charge in [-0.05, 0) is 205 Å². The second-order valence-corrected chi connectivity index (χ2v) is 26.6. The first-order chi connectivity index (χ1) is 49.1. The topological polar surface area (TPSA) is 16.3 Å². The third kappa shape index (κ3) is 10.1. The monoisotopic (exact) mass is 1280 g/mol. The zero-order chi connectivity index (χ0) is 65.3. The highest BCUT2D eigenvalue weighted by Crippen LogP contribution is 2.46. The molecule has 0 spiro atoms. The van der Waals surface area contributed by atoms with E-state index in [0.717, 1.165) is 45.5 Å². The Labute approximate surface area is 577 Å². The Morgan fingerprint density at radius 1 is 0.202 bits per heavy atom. The van der Waals surface area contributed by atoms with Crippen LogP contribution in [0.2, 0.25) is 0 Å². The molecule has 99 heavy (non-hydrogen) atoms. The molecule has 0 bridgehead atoms. The third-order valence-electron chi connectivity index (χ3n) is 19.9. The summed E-state index contributed by atoms with van der Waals surface area (Å²) in [6, 6.07) is 136. The van der Waals surface area contributed by atoms with Gasteiger partial charge in [0.05, 0.1) is 22.1 Å². The maximum Gasteiger partial charge on any atom is 0.0555 e. The number of hydrogen-bond donors (Lipinski definition) is 0. The fourth-order valence-electron chi connectivity index (χ4n) is 15.2. The fourth-order valence-corrected chi connectivity index (χ4v) is 16.5. The van der Waals surface area contributed by atoms with Gasteiger partial charge >= 0.3 is 0 Å². The molecule has 17 aromatic carbocycles. The van der Waals surface area contributed by atoms with Gasteiger partial charge in [-0.2, -0.15) is 0 Å². The summed E-state index contributed by atoms with van der Waals surface area (Å²) in [6.07, 6.45) is 0. The zero-order valence-electron chi connectivity index (χ0n) is 54.0. The quantitative estimate of drug-likeness (QED) is 0.136. The lowest BCUT2D eigenvalue weighted by molar-refractivity contribution is 1.17. The average molecular weight is 1280 g/mol. The molecule has 0 atom stereocenters. The van der Waals surface area contributed by atoms with Crippen LogP contribution in [0.4, 0.5) is 34.1 Å². The summed E-state index contributed by atoms with van der Waals surface area (Å²) in [7, 11) is 0. The Morgan fingerprint density at radius 3 is 1.04 bits per heavy atom. The van der Waals surface area contributed by atoms with Crippen LogP contribution in [0.15, 0.2) is 376 Å². The summed E-state index contributed by atoms with van der Waals surface area (Å²) in [5.41, 5.74) is 18.7. The van der Waals surface area contributed by atoms with Crippen molar-refractivity contribution in [3.8, 4) is 33.6 Å². The van der Waals surface area contributed by atoms with Crippen LogP contribution in [-0.4, -0.2) is 9.13 Å². The van der Waals surface area contributed by atoms with E-state index in [4.69, 9.17) is 0 Å². The molecule has 464 valence electrons. The summed E-state index contributed by atoms with van der Waals surface area (Å²) in [6.45, 7) is 0. The molecule has 0 fully saturated rings. The minimum atomic E-state index is 1.11. The predicted octanol–water partition coefficient (Wildman–Crippen LogP) is 26.8. The van der Waals surface area contributed by atoms with Gasteiger partial charge in [-0.15, -0.1) is 11.3 Å². The van der Waals surface area contributed by atoms with E-state index in [2.05, 4.69) is 395 Å². The van der Waals surface area contributed by atoms with Crippen molar-refractivity contribution >= 4 is 152 Å². The standard InChI is InChI=1S/C48H32N2.C46H30N2S/c1-2-14-39(15-3-1)49(40-24-20-34(21-25-40)38-19-18-33-10-4-5-13-37(33)32-38)41-26-28-42(29-27-41)50-45-30-22-35-11-6-8-16-43(35)47(45)48-44-17-9-7-12-36(44)23-31-46(48)50;1-2-12-35(13-3-1)47(36-22-20-32(21-23-36)34-19-18-31-10-4-5-11-33(31)30-34)37-24-26-38(27-25-37)48-42-16-8-6-15-41(42)45-43(48)29-28-40-39-14-7-9-17-44(39)49-46(40)45/h1-32H;1-30H. The molecule has 3 heterocycles. The Balaban J connectivity index is 0.000000138. The molecule has 3 aromatic heterocycles. The number of thiophene rings is 1. The van der Waals surface area contributed by atoms with E-state index in [0.29, 0.717) is 0 Å². The Kier molecular flexibility index (Phi) is 14.0. The van der Waals surface area contributed by atoms with Gasteiger partial charge in [0.25, 0.3) is 0 Å². The van der Waals surface area contributed by atoms with Gasteiger partial charge in [0.1, 0.15) is 0 Å². The average Bonchev–Trinajstić information content (AvgIpc) is 1.57. The van der Waals surface area contributed by atoms with Gasteiger partial charge in [-0.25, -0.2) is 0 Å². The lowest BCUT2D eigenvalue weighted by atomic mass is 10.00. The van der Waals surface area contributed by atoms with E-state index in [1.807, 2.05) is 11.3 Å². The van der Waals surface area contributed by atoms with E-state index in [1.54, 1.807) is 0 Å². The second kappa shape index (κ2) is 24.1. The zero-order valence-corrected chi connectivity index (χ0v) is 54.8. The molecule has 0 aliphatic rings. The summed E-state index contributed by atoms with van der Waals surface area (Å²) in [4.78, 5) is 4.67. The number of para-hydroxylation sites is 3. The molecule has 0 aliphatic heterocycles. The Hall–Kier alpha value is -12.8. The number of anilines is 6. The normalized spacial score (nSPS) is 11.6. The molecule has 20 aromatic rings. The molecule has 0 radical (unpaired) electrons. The van der Waals surface area contributed by atoms with Crippen molar-refractivity contribution in [2.75, 3.05) is 9.80 Å².